The summed E-state index contributed by atoms with van der Waals surface area (Å²) in [5, 5.41) is 9.03. The van der Waals surface area contributed by atoms with Crippen LogP contribution in [-0.4, -0.2) is 41.6 Å². The first-order chi connectivity index (χ1) is 9.99. The molecule has 1 aromatic carbocycles. The molecule has 0 fully saturated rings. The van der Waals surface area contributed by atoms with Gasteiger partial charge in [0.1, 0.15) is 0 Å². The molecule has 0 aromatic heterocycles. The Morgan fingerprint density at radius 1 is 1.19 bits per heavy atom. The summed E-state index contributed by atoms with van der Waals surface area (Å²) >= 11 is 0. The van der Waals surface area contributed by atoms with Crippen LogP contribution < -0.4 is 0 Å². The number of aliphatic carboxylic acids is 1. The summed E-state index contributed by atoms with van der Waals surface area (Å²) in [7, 11) is 0. The van der Waals surface area contributed by atoms with E-state index >= 15 is 0 Å². The van der Waals surface area contributed by atoms with Gasteiger partial charge in [-0.15, -0.1) is 0 Å². The number of benzene rings is 1. The van der Waals surface area contributed by atoms with Gasteiger partial charge in [0.2, 0.25) is 0 Å². The lowest BCUT2D eigenvalue weighted by molar-refractivity contribution is -0.154. The minimum Gasteiger partial charge on any atom is -0.474 e. The summed E-state index contributed by atoms with van der Waals surface area (Å²) in [6, 6.07) is 9.28. The Hall–Kier alpha value is -2.14. The van der Waals surface area contributed by atoms with Crippen LogP contribution in [0.2, 0.25) is 0 Å². The number of carbonyl (C=O) groups is 2. The molecule has 5 heteroatoms. The number of carbonyl (C=O) groups excluding carboxylic acids is 1. The van der Waals surface area contributed by atoms with Crippen molar-refractivity contribution < 1.29 is 19.4 Å². The van der Waals surface area contributed by atoms with Crippen LogP contribution >= 0.6 is 0 Å². The molecule has 0 bridgehead atoms. The third kappa shape index (κ3) is 4.72. The fourth-order valence-corrected chi connectivity index (χ4v) is 2.04. The van der Waals surface area contributed by atoms with Crippen LogP contribution in [-0.2, 0) is 14.3 Å². The van der Waals surface area contributed by atoms with Gasteiger partial charge in [0.05, 0.1) is 12.3 Å². The standard InChI is InChI=1S/C16H21NO4/c1-4-21-11-10-17(15(18)16(19)20)14(12(2)3)13-8-6-5-7-9-13/h5-9H,4,10-11H2,1-3H3,(H,19,20). The van der Waals surface area contributed by atoms with Crippen LogP contribution in [0.1, 0.15) is 26.3 Å². The average Bonchev–Trinajstić information content (AvgIpc) is 2.46. The maximum atomic E-state index is 12.0. The Labute approximate surface area is 124 Å². The zero-order valence-corrected chi connectivity index (χ0v) is 12.6. The van der Waals surface area contributed by atoms with Gasteiger partial charge in [-0.1, -0.05) is 35.9 Å². The average molecular weight is 291 g/mol. The summed E-state index contributed by atoms with van der Waals surface area (Å²) in [5.74, 6) is -2.42. The SMILES string of the molecule is CCOCCN(C(=O)C(=O)O)C(=C(C)C)c1ccccc1. The summed E-state index contributed by atoms with van der Waals surface area (Å²) in [6.07, 6.45) is 0. The van der Waals surface area contributed by atoms with Gasteiger partial charge in [-0.3, -0.25) is 9.69 Å². The van der Waals surface area contributed by atoms with E-state index in [0.29, 0.717) is 18.9 Å². The molecule has 0 saturated carbocycles. The second-order valence-electron chi connectivity index (χ2n) is 4.67. The van der Waals surface area contributed by atoms with E-state index in [9.17, 15) is 9.59 Å². The quantitative estimate of drug-likeness (QED) is 0.645. The van der Waals surface area contributed by atoms with E-state index < -0.39 is 11.9 Å². The summed E-state index contributed by atoms with van der Waals surface area (Å²) in [6.45, 7) is 6.57. The van der Waals surface area contributed by atoms with Crippen LogP contribution in [0.3, 0.4) is 0 Å². The lowest BCUT2D eigenvalue weighted by atomic mass is 10.1. The lowest BCUT2D eigenvalue weighted by Crippen LogP contribution is -2.38. The van der Waals surface area contributed by atoms with Crippen molar-refractivity contribution in [1.29, 1.82) is 0 Å². The Bertz CT molecular complexity index is 518. The number of allylic oxidation sites excluding steroid dienone is 1. The maximum Gasteiger partial charge on any atom is 0.394 e. The third-order valence-corrected chi connectivity index (χ3v) is 2.88. The van der Waals surface area contributed by atoms with Crippen LogP contribution in [0, 0.1) is 0 Å². The van der Waals surface area contributed by atoms with E-state index in [1.807, 2.05) is 51.1 Å². The van der Waals surface area contributed by atoms with E-state index in [1.165, 1.54) is 4.90 Å². The highest BCUT2D eigenvalue weighted by atomic mass is 16.5. The molecule has 0 aliphatic heterocycles. The van der Waals surface area contributed by atoms with Gasteiger partial charge >= 0.3 is 11.9 Å². The topological polar surface area (TPSA) is 66.8 Å². The van der Waals surface area contributed by atoms with E-state index in [1.54, 1.807) is 0 Å². The van der Waals surface area contributed by atoms with E-state index in [2.05, 4.69) is 0 Å². The van der Waals surface area contributed by atoms with Crippen molar-refractivity contribution in [1.82, 2.24) is 4.90 Å². The summed E-state index contributed by atoms with van der Waals surface area (Å²) in [4.78, 5) is 24.3. The van der Waals surface area contributed by atoms with Gasteiger partial charge in [0.25, 0.3) is 0 Å². The second kappa shape index (κ2) is 8.21. The van der Waals surface area contributed by atoms with Crippen molar-refractivity contribution in [3.8, 4) is 0 Å². The number of nitrogens with zero attached hydrogens (tertiary/aromatic N) is 1. The molecule has 0 radical (unpaired) electrons. The molecule has 1 aromatic rings. The number of hydrogen-bond acceptors (Lipinski definition) is 3. The molecule has 0 spiro atoms. The number of carboxylic acids is 1. The van der Waals surface area contributed by atoms with Gasteiger partial charge in [0, 0.05) is 13.2 Å². The van der Waals surface area contributed by atoms with Gasteiger partial charge in [0.15, 0.2) is 0 Å². The Kier molecular flexibility index (Phi) is 6.62. The van der Waals surface area contributed by atoms with E-state index in [0.717, 1.165) is 11.1 Å². The van der Waals surface area contributed by atoms with Crippen molar-refractivity contribution >= 4 is 17.6 Å². The number of ether oxygens (including phenoxy) is 1. The van der Waals surface area contributed by atoms with Crippen LogP contribution in [0.5, 0.6) is 0 Å². The molecule has 114 valence electrons. The molecule has 1 amide bonds. The molecule has 5 nitrogen and oxygen atoms in total. The zero-order valence-electron chi connectivity index (χ0n) is 12.6. The molecular weight excluding hydrogens is 270 g/mol. The zero-order chi connectivity index (χ0) is 15.8. The molecular formula is C16H21NO4. The Balaban J connectivity index is 3.16. The van der Waals surface area contributed by atoms with E-state index in [-0.39, 0.29) is 6.54 Å². The fourth-order valence-electron chi connectivity index (χ4n) is 2.04. The van der Waals surface area contributed by atoms with Crippen molar-refractivity contribution in [3.63, 3.8) is 0 Å². The van der Waals surface area contributed by atoms with Gasteiger partial charge in [-0.25, -0.2) is 4.79 Å². The highest BCUT2D eigenvalue weighted by molar-refractivity contribution is 6.33. The summed E-state index contributed by atoms with van der Waals surface area (Å²) in [5.41, 5.74) is 2.29. The number of amides is 1. The minimum atomic E-state index is -1.47. The minimum absolute atomic E-state index is 0.203. The molecule has 1 N–H and O–H groups in total. The molecule has 0 unspecified atom stereocenters. The molecule has 1 rings (SSSR count). The van der Waals surface area contributed by atoms with Crippen molar-refractivity contribution in [3.05, 3.63) is 41.5 Å². The molecule has 0 saturated heterocycles. The first-order valence-corrected chi connectivity index (χ1v) is 6.84. The smallest absolute Gasteiger partial charge is 0.394 e. The van der Waals surface area contributed by atoms with Gasteiger partial charge < -0.3 is 9.84 Å². The fraction of sp³-hybridized carbons (Fsp3) is 0.375. The second-order valence-corrected chi connectivity index (χ2v) is 4.67. The highest BCUT2D eigenvalue weighted by Crippen LogP contribution is 2.23. The number of carboxylic acid groups (broad SMARTS) is 1. The maximum absolute atomic E-state index is 12.0. The number of hydrogen-bond donors (Lipinski definition) is 1. The van der Waals surface area contributed by atoms with Gasteiger partial charge in [-0.2, -0.15) is 0 Å². The lowest BCUT2D eigenvalue weighted by Gasteiger charge is -2.25. The molecule has 0 atom stereocenters. The van der Waals surface area contributed by atoms with Crippen LogP contribution in [0.4, 0.5) is 0 Å². The molecule has 0 heterocycles. The van der Waals surface area contributed by atoms with Crippen molar-refractivity contribution in [2.45, 2.75) is 20.8 Å². The Morgan fingerprint density at radius 3 is 2.29 bits per heavy atom. The number of rotatable bonds is 6. The predicted molar refractivity (Wildman–Crippen MR) is 80.6 cm³/mol. The molecule has 0 aliphatic carbocycles. The predicted octanol–water partition coefficient (Wildman–Crippen LogP) is 2.39. The van der Waals surface area contributed by atoms with Crippen molar-refractivity contribution in [2.75, 3.05) is 19.8 Å². The van der Waals surface area contributed by atoms with E-state index in [4.69, 9.17) is 9.84 Å². The molecule has 0 aliphatic rings. The molecule has 21 heavy (non-hydrogen) atoms. The summed E-state index contributed by atoms with van der Waals surface area (Å²) < 4.78 is 5.25. The Morgan fingerprint density at radius 2 is 1.81 bits per heavy atom. The van der Waals surface area contributed by atoms with Crippen molar-refractivity contribution in [2.24, 2.45) is 0 Å². The van der Waals surface area contributed by atoms with Crippen LogP contribution in [0.25, 0.3) is 5.70 Å². The first-order valence-electron chi connectivity index (χ1n) is 6.84. The first kappa shape index (κ1) is 16.9. The third-order valence-electron chi connectivity index (χ3n) is 2.88. The normalized spacial score (nSPS) is 10.0. The largest absolute Gasteiger partial charge is 0.474 e. The highest BCUT2D eigenvalue weighted by Gasteiger charge is 2.25. The van der Waals surface area contributed by atoms with Crippen LogP contribution in [0.15, 0.2) is 35.9 Å². The monoisotopic (exact) mass is 291 g/mol. The van der Waals surface area contributed by atoms with Gasteiger partial charge in [-0.05, 0) is 26.3 Å².